The molecule has 0 bridgehead atoms. The van der Waals surface area contributed by atoms with Crippen molar-refractivity contribution in [1.29, 1.82) is 0 Å². The summed E-state index contributed by atoms with van der Waals surface area (Å²) in [7, 11) is 4.47. The van der Waals surface area contributed by atoms with Gasteiger partial charge in [0, 0.05) is 18.1 Å². The minimum Gasteiger partial charge on any atom is -0.330 e. The average Bonchev–Trinajstić information content (AvgIpc) is 2.16. The van der Waals surface area contributed by atoms with Gasteiger partial charge in [-0.1, -0.05) is 0 Å². The van der Waals surface area contributed by atoms with Crippen LogP contribution in [0, 0.1) is 0 Å². The predicted octanol–water partition coefficient (Wildman–Crippen LogP) is 1.14. The van der Waals surface area contributed by atoms with Gasteiger partial charge in [0.05, 0.1) is 0 Å². The minimum absolute atomic E-state index is 0.234. The molecule has 0 aromatic carbocycles. The fourth-order valence-electron chi connectivity index (χ4n) is 2.48. The number of piperidine rings is 1. The first-order chi connectivity index (χ1) is 6.97. The van der Waals surface area contributed by atoms with E-state index in [4.69, 9.17) is 5.73 Å². The van der Waals surface area contributed by atoms with Gasteiger partial charge in [0.2, 0.25) is 0 Å². The van der Waals surface area contributed by atoms with Gasteiger partial charge in [-0.2, -0.15) is 0 Å². The van der Waals surface area contributed by atoms with Crippen molar-refractivity contribution in [2.45, 2.75) is 44.7 Å². The predicted molar refractivity (Wildman–Crippen MR) is 66.0 cm³/mol. The second-order valence-corrected chi connectivity index (χ2v) is 5.52. The van der Waals surface area contributed by atoms with Crippen molar-refractivity contribution in [1.82, 2.24) is 9.80 Å². The highest BCUT2D eigenvalue weighted by Crippen LogP contribution is 2.23. The van der Waals surface area contributed by atoms with Crippen LogP contribution in [0.1, 0.15) is 33.1 Å². The maximum atomic E-state index is 5.67. The third-order valence-corrected chi connectivity index (χ3v) is 3.86. The molecule has 0 spiro atoms. The van der Waals surface area contributed by atoms with Crippen molar-refractivity contribution >= 4 is 0 Å². The van der Waals surface area contributed by atoms with E-state index in [-0.39, 0.29) is 5.54 Å². The molecule has 15 heavy (non-hydrogen) atoms. The topological polar surface area (TPSA) is 32.5 Å². The van der Waals surface area contributed by atoms with Crippen molar-refractivity contribution < 1.29 is 0 Å². The van der Waals surface area contributed by atoms with Gasteiger partial charge >= 0.3 is 0 Å². The van der Waals surface area contributed by atoms with Crippen molar-refractivity contribution in [2.24, 2.45) is 5.73 Å². The zero-order valence-corrected chi connectivity index (χ0v) is 10.8. The van der Waals surface area contributed by atoms with Gasteiger partial charge in [-0.05, 0) is 60.3 Å². The van der Waals surface area contributed by atoms with Crippen molar-refractivity contribution in [2.75, 3.05) is 33.7 Å². The van der Waals surface area contributed by atoms with Crippen molar-refractivity contribution in [3.05, 3.63) is 0 Å². The number of likely N-dealkylation sites (N-methyl/N-ethyl adjacent to an activating group) is 2. The van der Waals surface area contributed by atoms with Crippen LogP contribution >= 0.6 is 0 Å². The highest BCUT2D eigenvalue weighted by molar-refractivity contribution is 4.87. The van der Waals surface area contributed by atoms with E-state index in [9.17, 15) is 0 Å². The first-order valence-corrected chi connectivity index (χ1v) is 6.09. The van der Waals surface area contributed by atoms with Crippen LogP contribution in [-0.2, 0) is 0 Å². The first-order valence-electron chi connectivity index (χ1n) is 6.09. The van der Waals surface area contributed by atoms with Gasteiger partial charge in [0.15, 0.2) is 0 Å². The van der Waals surface area contributed by atoms with Gasteiger partial charge in [-0.25, -0.2) is 0 Å². The number of nitrogens with zero attached hydrogens (tertiary/aromatic N) is 2. The third kappa shape index (κ3) is 3.44. The molecule has 3 heteroatoms. The van der Waals surface area contributed by atoms with Crippen LogP contribution in [0.25, 0.3) is 0 Å². The van der Waals surface area contributed by atoms with Crippen LogP contribution < -0.4 is 5.73 Å². The fourth-order valence-corrected chi connectivity index (χ4v) is 2.48. The van der Waals surface area contributed by atoms with Crippen LogP contribution in [0.5, 0.6) is 0 Å². The van der Waals surface area contributed by atoms with Gasteiger partial charge < -0.3 is 10.6 Å². The molecular formula is C12H27N3. The van der Waals surface area contributed by atoms with Gasteiger partial charge in [0.25, 0.3) is 0 Å². The second kappa shape index (κ2) is 5.28. The van der Waals surface area contributed by atoms with Crippen LogP contribution in [0.4, 0.5) is 0 Å². The lowest BCUT2D eigenvalue weighted by atomic mass is 9.94. The maximum Gasteiger partial charge on any atom is 0.0225 e. The van der Waals surface area contributed by atoms with E-state index in [2.05, 4.69) is 37.7 Å². The Morgan fingerprint density at radius 2 is 2.13 bits per heavy atom. The Morgan fingerprint density at radius 3 is 2.67 bits per heavy atom. The van der Waals surface area contributed by atoms with Gasteiger partial charge in [0.1, 0.15) is 0 Å². The molecule has 0 saturated carbocycles. The highest BCUT2D eigenvalue weighted by atomic mass is 15.2. The Kier molecular flexibility index (Phi) is 4.56. The molecule has 1 unspecified atom stereocenters. The maximum absolute atomic E-state index is 5.67. The molecule has 1 aliphatic heterocycles. The molecule has 1 saturated heterocycles. The van der Waals surface area contributed by atoms with Crippen LogP contribution in [-0.4, -0.2) is 55.1 Å². The molecule has 3 nitrogen and oxygen atoms in total. The Hall–Kier alpha value is -0.120. The van der Waals surface area contributed by atoms with E-state index in [0.29, 0.717) is 6.04 Å². The van der Waals surface area contributed by atoms with Gasteiger partial charge in [-0.15, -0.1) is 0 Å². The summed E-state index contributed by atoms with van der Waals surface area (Å²) in [6.45, 7) is 7.83. The number of rotatable bonds is 4. The quantitative estimate of drug-likeness (QED) is 0.760. The number of nitrogens with two attached hydrogens (primary N) is 1. The SMILES string of the molecule is CN1CCCC(N(C)C(C)(C)CCN)C1. The van der Waals surface area contributed by atoms with Gasteiger partial charge in [-0.3, -0.25) is 4.90 Å². The summed E-state index contributed by atoms with van der Waals surface area (Å²) in [5.74, 6) is 0. The van der Waals surface area contributed by atoms with Crippen molar-refractivity contribution in [3.63, 3.8) is 0 Å². The van der Waals surface area contributed by atoms with Crippen LogP contribution in [0.2, 0.25) is 0 Å². The molecule has 1 rings (SSSR count). The fraction of sp³-hybridized carbons (Fsp3) is 1.00. The Labute approximate surface area is 94.6 Å². The lowest BCUT2D eigenvalue weighted by molar-refractivity contribution is 0.0509. The summed E-state index contributed by atoms with van der Waals surface area (Å²) in [6, 6.07) is 0.699. The zero-order chi connectivity index (χ0) is 11.5. The minimum atomic E-state index is 0.234. The third-order valence-electron chi connectivity index (χ3n) is 3.86. The summed E-state index contributed by atoms with van der Waals surface area (Å²) in [4.78, 5) is 4.96. The summed E-state index contributed by atoms with van der Waals surface area (Å²) < 4.78 is 0. The standard InChI is InChI=1S/C12H27N3/c1-12(2,7-8-13)15(4)11-6-5-9-14(3)10-11/h11H,5-10,13H2,1-4H3. The highest BCUT2D eigenvalue weighted by Gasteiger charge is 2.30. The normalized spacial score (nSPS) is 24.8. The van der Waals surface area contributed by atoms with E-state index in [1.165, 1.54) is 25.9 Å². The zero-order valence-electron chi connectivity index (χ0n) is 10.8. The first kappa shape index (κ1) is 12.9. The number of hydrogen-bond acceptors (Lipinski definition) is 3. The smallest absolute Gasteiger partial charge is 0.0225 e. The summed E-state index contributed by atoms with van der Waals surface area (Å²) in [5, 5.41) is 0. The largest absolute Gasteiger partial charge is 0.330 e. The summed E-state index contributed by atoms with van der Waals surface area (Å²) in [5.41, 5.74) is 5.91. The molecule has 0 aromatic heterocycles. The molecule has 0 radical (unpaired) electrons. The molecule has 0 aliphatic carbocycles. The molecule has 1 atom stereocenters. The summed E-state index contributed by atoms with van der Waals surface area (Å²) in [6.07, 6.45) is 3.72. The molecular weight excluding hydrogens is 186 g/mol. The van der Waals surface area contributed by atoms with Crippen molar-refractivity contribution in [3.8, 4) is 0 Å². The lowest BCUT2D eigenvalue weighted by Crippen LogP contribution is -2.53. The second-order valence-electron chi connectivity index (χ2n) is 5.52. The number of hydrogen-bond donors (Lipinski definition) is 1. The van der Waals surface area contributed by atoms with Crippen LogP contribution in [0.3, 0.4) is 0 Å². The molecule has 0 amide bonds. The monoisotopic (exact) mass is 213 g/mol. The van der Waals surface area contributed by atoms with E-state index in [0.717, 1.165) is 13.0 Å². The Morgan fingerprint density at radius 1 is 1.47 bits per heavy atom. The van der Waals surface area contributed by atoms with E-state index < -0.39 is 0 Å². The molecule has 1 fully saturated rings. The molecule has 1 heterocycles. The lowest BCUT2D eigenvalue weighted by Gasteiger charge is -2.44. The van der Waals surface area contributed by atoms with E-state index in [1.54, 1.807) is 0 Å². The molecule has 1 aliphatic rings. The Bertz CT molecular complexity index is 191. The average molecular weight is 213 g/mol. The number of likely N-dealkylation sites (tertiary alicyclic amines) is 1. The molecule has 90 valence electrons. The molecule has 0 aromatic rings. The van der Waals surface area contributed by atoms with E-state index >= 15 is 0 Å². The Balaban J connectivity index is 2.54. The van der Waals surface area contributed by atoms with Crippen LogP contribution in [0.15, 0.2) is 0 Å². The molecule has 2 N–H and O–H groups in total. The summed E-state index contributed by atoms with van der Waals surface area (Å²) >= 11 is 0. The van der Waals surface area contributed by atoms with E-state index in [1.807, 2.05) is 0 Å².